The zero-order valence-electron chi connectivity index (χ0n) is 18.4. The lowest BCUT2D eigenvalue weighted by atomic mass is 10.1. The van der Waals surface area contributed by atoms with E-state index in [1.807, 2.05) is 32.0 Å². The summed E-state index contributed by atoms with van der Waals surface area (Å²) in [6.07, 6.45) is 8.37. The number of nitrogens with zero attached hydrogens (tertiary/aromatic N) is 2. The molecule has 1 aromatic carbocycles. The highest BCUT2D eigenvalue weighted by Crippen LogP contribution is 2.34. The minimum absolute atomic E-state index is 0.206. The van der Waals surface area contributed by atoms with Gasteiger partial charge in [0.1, 0.15) is 17.1 Å². The molecule has 1 saturated carbocycles. The Bertz CT molecular complexity index is 1090. The molecule has 1 aliphatic carbocycles. The predicted molar refractivity (Wildman–Crippen MR) is 120 cm³/mol. The minimum atomic E-state index is -3.27. The molecule has 166 valence electrons. The Labute approximate surface area is 183 Å². The molecule has 0 spiro atoms. The average molecular weight is 444 g/mol. The number of amides is 1. The molecule has 2 aromatic rings. The van der Waals surface area contributed by atoms with Gasteiger partial charge in [0.25, 0.3) is 5.91 Å². The summed E-state index contributed by atoms with van der Waals surface area (Å²) in [7, 11) is -3.27. The van der Waals surface area contributed by atoms with Crippen molar-refractivity contribution in [1.29, 1.82) is 0 Å². The van der Waals surface area contributed by atoms with E-state index >= 15 is 0 Å². The second kappa shape index (κ2) is 9.60. The number of aryl methyl sites for hydroxylation is 2. The number of carbonyl (C=O) groups is 1. The molecule has 1 aromatic heterocycles. The Balaban J connectivity index is 1.89. The van der Waals surface area contributed by atoms with Gasteiger partial charge in [-0.3, -0.25) is 4.79 Å². The van der Waals surface area contributed by atoms with Crippen molar-refractivity contribution in [2.24, 2.45) is 0 Å². The molecule has 0 bridgehead atoms. The van der Waals surface area contributed by atoms with E-state index in [4.69, 9.17) is 4.74 Å². The molecular formula is C23H29N3O4S. The van der Waals surface area contributed by atoms with Crippen LogP contribution in [0.5, 0.6) is 11.6 Å². The Kier molecular flexibility index (Phi) is 7.10. The van der Waals surface area contributed by atoms with Gasteiger partial charge in [-0.05, 0) is 56.9 Å². The van der Waals surface area contributed by atoms with E-state index in [1.54, 1.807) is 6.92 Å². The summed E-state index contributed by atoms with van der Waals surface area (Å²) in [4.78, 5) is 21.9. The molecular weight excluding hydrogens is 414 g/mol. The molecule has 1 heterocycles. The third kappa shape index (κ3) is 6.37. The van der Waals surface area contributed by atoms with E-state index < -0.39 is 21.8 Å². The first-order chi connectivity index (χ1) is 14.6. The molecule has 1 N–H and O–H groups in total. The molecule has 1 aliphatic rings. The van der Waals surface area contributed by atoms with Crippen LogP contribution in [0.25, 0.3) is 0 Å². The number of sulfone groups is 1. The van der Waals surface area contributed by atoms with E-state index in [9.17, 15) is 13.2 Å². The Hall–Kier alpha value is -2.74. The van der Waals surface area contributed by atoms with Crippen molar-refractivity contribution >= 4 is 15.7 Å². The lowest BCUT2D eigenvalue weighted by Crippen LogP contribution is -2.31. The number of rotatable bonds is 7. The van der Waals surface area contributed by atoms with E-state index in [1.165, 1.54) is 12.3 Å². The first-order valence-electron chi connectivity index (χ1n) is 10.4. The molecule has 8 heteroatoms. The van der Waals surface area contributed by atoms with Crippen molar-refractivity contribution in [1.82, 2.24) is 15.3 Å². The van der Waals surface area contributed by atoms with Gasteiger partial charge in [-0.1, -0.05) is 25.0 Å². The molecule has 1 fully saturated rings. The summed E-state index contributed by atoms with van der Waals surface area (Å²) in [6.45, 7) is 5.71. The van der Waals surface area contributed by atoms with Gasteiger partial charge in [0.15, 0.2) is 9.84 Å². The van der Waals surface area contributed by atoms with Crippen LogP contribution in [0.15, 0.2) is 35.9 Å². The third-order valence-corrected chi connectivity index (χ3v) is 6.05. The van der Waals surface area contributed by atoms with Crippen LogP contribution in [0.1, 0.15) is 65.8 Å². The minimum Gasteiger partial charge on any atom is -0.438 e. The third-order valence-electron chi connectivity index (χ3n) is 5.40. The number of benzene rings is 1. The van der Waals surface area contributed by atoms with Crippen LogP contribution in [-0.4, -0.2) is 36.6 Å². The fourth-order valence-corrected chi connectivity index (χ4v) is 4.00. The quantitative estimate of drug-likeness (QED) is 0.688. The summed E-state index contributed by atoms with van der Waals surface area (Å²) < 4.78 is 28.7. The fourth-order valence-electron chi connectivity index (χ4n) is 3.48. The van der Waals surface area contributed by atoms with Gasteiger partial charge < -0.3 is 10.1 Å². The highest BCUT2D eigenvalue weighted by atomic mass is 32.2. The number of hydrogen-bond acceptors (Lipinski definition) is 6. The second-order valence-electron chi connectivity index (χ2n) is 8.20. The monoisotopic (exact) mass is 443 g/mol. The van der Waals surface area contributed by atoms with E-state index in [0.717, 1.165) is 48.5 Å². The standard InChI is InChI=1S/C23H29N3O4S/c1-15-9-10-19(13-16(15)2)30-23-20(14-24-21(26-23)18-7-5-6-8-18)22(27)25-17(3)11-12-31(4,28)29/h9-14,17-18H,5-8H2,1-4H3,(H,25,27)/b12-11+. The Morgan fingerprint density at radius 1 is 1.23 bits per heavy atom. The number of ether oxygens (including phenoxy) is 1. The number of hydrogen-bond donors (Lipinski definition) is 1. The maximum Gasteiger partial charge on any atom is 0.258 e. The Morgan fingerprint density at radius 3 is 2.58 bits per heavy atom. The molecule has 0 aliphatic heterocycles. The van der Waals surface area contributed by atoms with Gasteiger partial charge in [0.2, 0.25) is 5.88 Å². The average Bonchev–Trinajstić information content (AvgIpc) is 3.23. The first-order valence-corrected chi connectivity index (χ1v) is 12.4. The van der Waals surface area contributed by atoms with Crippen LogP contribution in [0.2, 0.25) is 0 Å². The summed E-state index contributed by atoms with van der Waals surface area (Å²) in [6, 6.07) is 5.22. The van der Waals surface area contributed by atoms with Crippen LogP contribution in [0.4, 0.5) is 0 Å². The first kappa shape index (κ1) is 22.9. The van der Waals surface area contributed by atoms with Gasteiger partial charge in [-0.15, -0.1) is 0 Å². The van der Waals surface area contributed by atoms with Crippen molar-refractivity contribution in [2.75, 3.05) is 6.26 Å². The number of aromatic nitrogens is 2. The van der Waals surface area contributed by atoms with Gasteiger partial charge in [-0.25, -0.2) is 13.4 Å². The highest BCUT2D eigenvalue weighted by Gasteiger charge is 2.24. The maximum atomic E-state index is 12.9. The maximum absolute atomic E-state index is 12.9. The molecule has 31 heavy (non-hydrogen) atoms. The largest absolute Gasteiger partial charge is 0.438 e. The van der Waals surface area contributed by atoms with E-state index in [2.05, 4.69) is 15.3 Å². The molecule has 1 atom stereocenters. The van der Waals surface area contributed by atoms with Crippen molar-refractivity contribution in [3.05, 3.63) is 58.4 Å². The summed E-state index contributed by atoms with van der Waals surface area (Å²) in [5, 5.41) is 3.83. The lowest BCUT2D eigenvalue weighted by Gasteiger charge is -2.15. The van der Waals surface area contributed by atoms with E-state index in [0.29, 0.717) is 11.6 Å². The van der Waals surface area contributed by atoms with Crippen LogP contribution >= 0.6 is 0 Å². The molecule has 1 amide bonds. The number of nitrogens with one attached hydrogen (secondary N) is 1. The van der Waals surface area contributed by atoms with Gasteiger partial charge in [-0.2, -0.15) is 4.98 Å². The van der Waals surface area contributed by atoms with Crippen LogP contribution in [0, 0.1) is 13.8 Å². The second-order valence-corrected chi connectivity index (χ2v) is 10.1. The SMILES string of the molecule is Cc1ccc(Oc2nc(C3CCCC3)ncc2C(=O)NC(C)/C=C/S(C)(=O)=O)cc1C. The van der Waals surface area contributed by atoms with Crippen molar-refractivity contribution in [3.63, 3.8) is 0 Å². The molecule has 1 unspecified atom stereocenters. The van der Waals surface area contributed by atoms with Crippen molar-refractivity contribution < 1.29 is 17.9 Å². The number of carbonyl (C=O) groups excluding carboxylic acids is 1. The van der Waals surface area contributed by atoms with Crippen molar-refractivity contribution in [3.8, 4) is 11.6 Å². The van der Waals surface area contributed by atoms with Crippen LogP contribution in [-0.2, 0) is 9.84 Å². The van der Waals surface area contributed by atoms with Gasteiger partial charge in [0, 0.05) is 29.8 Å². The lowest BCUT2D eigenvalue weighted by molar-refractivity contribution is 0.0943. The molecule has 0 radical (unpaired) electrons. The zero-order valence-corrected chi connectivity index (χ0v) is 19.2. The smallest absolute Gasteiger partial charge is 0.258 e. The van der Waals surface area contributed by atoms with Gasteiger partial charge >= 0.3 is 0 Å². The topological polar surface area (TPSA) is 98.2 Å². The zero-order chi connectivity index (χ0) is 22.6. The van der Waals surface area contributed by atoms with Crippen LogP contribution < -0.4 is 10.1 Å². The Morgan fingerprint density at radius 2 is 1.94 bits per heavy atom. The summed E-state index contributed by atoms with van der Waals surface area (Å²) in [5.41, 5.74) is 2.43. The summed E-state index contributed by atoms with van der Waals surface area (Å²) >= 11 is 0. The molecule has 0 saturated heterocycles. The normalized spacial score (nSPS) is 15.9. The molecule has 7 nitrogen and oxygen atoms in total. The van der Waals surface area contributed by atoms with Crippen LogP contribution in [0.3, 0.4) is 0 Å². The van der Waals surface area contributed by atoms with Gasteiger partial charge in [0.05, 0.1) is 0 Å². The predicted octanol–water partition coefficient (Wildman–Crippen LogP) is 4.22. The molecule has 3 rings (SSSR count). The highest BCUT2D eigenvalue weighted by molar-refractivity contribution is 7.93. The van der Waals surface area contributed by atoms with Crippen molar-refractivity contribution in [2.45, 2.75) is 58.4 Å². The fraction of sp³-hybridized carbons (Fsp3) is 0.435. The van der Waals surface area contributed by atoms with E-state index in [-0.39, 0.29) is 17.4 Å². The summed E-state index contributed by atoms with van der Waals surface area (Å²) in [5.74, 6) is 1.34.